The number of hydrogen-bond acceptors (Lipinski definition) is 6. The largest absolute Gasteiger partial charge is 0.493 e. The second-order valence-electron chi connectivity index (χ2n) is 5.57. The summed E-state index contributed by atoms with van der Waals surface area (Å²) in [7, 11) is 6.22. The molecule has 0 saturated heterocycles. The Kier molecular flexibility index (Phi) is 7.99. The Morgan fingerprint density at radius 1 is 1.20 bits per heavy atom. The van der Waals surface area contributed by atoms with Gasteiger partial charge in [0.2, 0.25) is 5.91 Å². The van der Waals surface area contributed by atoms with Gasteiger partial charge in [-0.05, 0) is 36.7 Å². The van der Waals surface area contributed by atoms with Gasteiger partial charge < -0.3 is 24.4 Å². The van der Waals surface area contributed by atoms with E-state index in [4.69, 9.17) is 14.2 Å². The molecule has 1 N–H and O–H groups in total. The van der Waals surface area contributed by atoms with Gasteiger partial charge in [0, 0.05) is 6.54 Å². The molecule has 0 bridgehead atoms. The zero-order valence-electron chi connectivity index (χ0n) is 15.0. The Balaban J connectivity index is 0.00000312. The van der Waals surface area contributed by atoms with E-state index in [1.807, 2.05) is 12.1 Å². The summed E-state index contributed by atoms with van der Waals surface area (Å²) in [5.41, 5.74) is 1.95. The first-order chi connectivity index (χ1) is 11.5. The van der Waals surface area contributed by atoms with Gasteiger partial charge in [0.25, 0.3) is 0 Å². The van der Waals surface area contributed by atoms with Crippen molar-refractivity contribution in [2.24, 2.45) is 0 Å². The van der Waals surface area contributed by atoms with Crippen molar-refractivity contribution < 1.29 is 23.8 Å². The van der Waals surface area contributed by atoms with Crippen LogP contribution < -0.4 is 14.8 Å². The van der Waals surface area contributed by atoms with E-state index in [0.29, 0.717) is 24.5 Å². The van der Waals surface area contributed by atoms with Crippen LogP contribution in [0.1, 0.15) is 23.6 Å². The first-order valence-corrected chi connectivity index (χ1v) is 7.81. The minimum atomic E-state index is -0.373. The standard InChI is InChI=1S/C17H24N2O5.ClH/c1-18-10-16(20)19-6-5-11-7-14(22-2)15(23-3)8-12(11)13(19)9-17(21)24-4;/h7-8,13,18H,5-6,9-10H2,1-4H3;1H. The molecule has 0 spiro atoms. The number of nitrogens with one attached hydrogen (secondary N) is 1. The summed E-state index contributed by atoms with van der Waals surface area (Å²) in [6.45, 7) is 0.769. The quantitative estimate of drug-likeness (QED) is 0.759. The predicted octanol–water partition coefficient (Wildman–Crippen LogP) is 1.33. The minimum Gasteiger partial charge on any atom is -0.493 e. The fraction of sp³-hybridized carbons (Fsp3) is 0.529. The number of hydrogen-bond donors (Lipinski definition) is 1. The monoisotopic (exact) mass is 372 g/mol. The van der Waals surface area contributed by atoms with Crippen LogP contribution in [-0.2, 0) is 20.7 Å². The lowest BCUT2D eigenvalue weighted by Gasteiger charge is -2.37. The molecule has 1 unspecified atom stereocenters. The Hall–Kier alpha value is -1.99. The van der Waals surface area contributed by atoms with Crippen LogP contribution in [0.25, 0.3) is 0 Å². The first-order valence-electron chi connectivity index (χ1n) is 7.81. The van der Waals surface area contributed by atoms with Crippen molar-refractivity contribution >= 4 is 24.3 Å². The summed E-state index contributed by atoms with van der Waals surface area (Å²) in [5, 5.41) is 2.87. The maximum Gasteiger partial charge on any atom is 0.307 e. The van der Waals surface area contributed by atoms with Gasteiger partial charge in [0.05, 0.1) is 40.3 Å². The fourth-order valence-corrected chi connectivity index (χ4v) is 3.04. The van der Waals surface area contributed by atoms with Crippen molar-refractivity contribution in [1.29, 1.82) is 0 Å². The number of rotatable bonds is 6. The Bertz CT molecular complexity index is 623. The molecular formula is C17H25ClN2O5. The lowest BCUT2D eigenvalue weighted by atomic mass is 9.90. The van der Waals surface area contributed by atoms with Gasteiger partial charge in [-0.2, -0.15) is 0 Å². The molecular weight excluding hydrogens is 348 g/mol. The maximum absolute atomic E-state index is 12.4. The molecule has 0 fully saturated rings. The number of carbonyl (C=O) groups excluding carboxylic acids is 2. The van der Waals surface area contributed by atoms with E-state index in [0.717, 1.165) is 11.1 Å². The third kappa shape index (κ3) is 4.55. The van der Waals surface area contributed by atoms with E-state index >= 15 is 0 Å². The van der Waals surface area contributed by atoms with E-state index < -0.39 is 0 Å². The number of carbonyl (C=O) groups is 2. The van der Waals surface area contributed by atoms with E-state index in [-0.39, 0.29) is 43.3 Å². The third-order valence-electron chi connectivity index (χ3n) is 4.24. The lowest BCUT2D eigenvalue weighted by molar-refractivity contribution is -0.144. The van der Waals surface area contributed by atoms with Crippen LogP contribution >= 0.6 is 12.4 Å². The fourth-order valence-electron chi connectivity index (χ4n) is 3.04. The molecule has 1 heterocycles. The van der Waals surface area contributed by atoms with Gasteiger partial charge in [0.1, 0.15) is 0 Å². The highest BCUT2D eigenvalue weighted by atomic mass is 35.5. The van der Waals surface area contributed by atoms with Gasteiger partial charge in [-0.3, -0.25) is 9.59 Å². The Morgan fingerprint density at radius 3 is 2.40 bits per heavy atom. The predicted molar refractivity (Wildman–Crippen MR) is 95.5 cm³/mol. The van der Waals surface area contributed by atoms with Crippen molar-refractivity contribution in [3.63, 3.8) is 0 Å². The Morgan fingerprint density at radius 2 is 1.84 bits per heavy atom. The molecule has 0 aliphatic carbocycles. The molecule has 1 aliphatic heterocycles. The van der Waals surface area contributed by atoms with Crippen molar-refractivity contribution in [2.75, 3.05) is 41.5 Å². The van der Waals surface area contributed by atoms with Crippen LogP contribution in [0.15, 0.2) is 12.1 Å². The maximum atomic E-state index is 12.4. The average Bonchev–Trinajstić information content (AvgIpc) is 2.60. The molecule has 1 aromatic rings. The van der Waals surface area contributed by atoms with Crippen LogP contribution in [-0.4, -0.2) is 58.2 Å². The minimum absolute atomic E-state index is 0. The van der Waals surface area contributed by atoms with E-state index in [9.17, 15) is 9.59 Å². The van der Waals surface area contributed by atoms with Crippen molar-refractivity contribution in [2.45, 2.75) is 18.9 Å². The average molecular weight is 373 g/mol. The van der Waals surface area contributed by atoms with Gasteiger partial charge in [0.15, 0.2) is 11.5 Å². The first kappa shape index (κ1) is 21.1. The lowest BCUT2D eigenvalue weighted by Crippen LogP contribution is -2.44. The molecule has 0 radical (unpaired) electrons. The highest BCUT2D eigenvalue weighted by Crippen LogP contribution is 2.39. The molecule has 1 aliphatic rings. The SMILES string of the molecule is CNCC(=O)N1CCc2cc(OC)c(OC)cc2C1CC(=O)OC.Cl. The number of benzene rings is 1. The van der Waals surface area contributed by atoms with Gasteiger partial charge in [-0.25, -0.2) is 0 Å². The zero-order valence-corrected chi connectivity index (χ0v) is 15.8. The smallest absolute Gasteiger partial charge is 0.307 e. The molecule has 0 saturated carbocycles. The number of ether oxygens (including phenoxy) is 3. The summed E-state index contributed by atoms with van der Waals surface area (Å²) in [6.07, 6.45) is 0.803. The summed E-state index contributed by atoms with van der Waals surface area (Å²) < 4.78 is 15.5. The van der Waals surface area contributed by atoms with Crippen LogP contribution in [0.5, 0.6) is 11.5 Å². The van der Waals surface area contributed by atoms with Gasteiger partial charge in [-0.15, -0.1) is 12.4 Å². The van der Waals surface area contributed by atoms with E-state index in [1.54, 1.807) is 26.2 Å². The summed E-state index contributed by atoms with van der Waals surface area (Å²) in [6, 6.07) is 3.39. The normalized spacial score (nSPS) is 15.7. The summed E-state index contributed by atoms with van der Waals surface area (Å²) in [5.74, 6) is 0.814. The van der Waals surface area contributed by atoms with Crippen molar-refractivity contribution in [1.82, 2.24) is 10.2 Å². The Labute approximate surface area is 154 Å². The molecule has 1 amide bonds. The molecule has 8 heteroatoms. The van der Waals surface area contributed by atoms with Crippen molar-refractivity contribution in [3.05, 3.63) is 23.3 Å². The van der Waals surface area contributed by atoms with Crippen molar-refractivity contribution in [3.8, 4) is 11.5 Å². The number of amides is 1. The summed E-state index contributed by atoms with van der Waals surface area (Å²) >= 11 is 0. The van der Waals surface area contributed by atoms with E-state index in [2.05, 4.69) is 5.32 Å². The number of methoxy groups -OCH3 is 3. The third-order valence-corrected chi connectivity index (χ3v) is 4.24. The molecule has 2 rings (SSSR count). The summed E-state index contributed by atoms with van der Waals surface area (Å²) in [4.78, 5) is 26.0. The van der Waals surface area contributed by atoms with Crippen LogP contribution in [0, 0.1) is 0 Å². The van der Waals surface area contributed by atoms with Crippen LogP contribution in [0.4, 0.5) is 0 Å². The zero-order chi connectivity index (χ0) is 17.7. The molecule has 1 atom stereocenters. The van der Waals surface area contributed by atoms with Gasteiger partial charge in [-0.1, -0.05) is 0 Å². The van der Waals surface area contributed by atoms with Crippen LogP contribution in [0.3, 0.4) is 0 Å². The highest BCUT2D eigenvalue weighted by Gasteiger charge is 2.33. The number of esters is 1. The van der Waals surface area contributed by atoms with Gasteiger partial charge >= 0.3 is 5.97 Å². The van der Waals surface area contributed by atoms with E-state index in [1.165, 1.54) is 7.11 Å². The second-order valence-corrected chi connectivity index (χ2v) is 5.57. The molecule has 7 nitrogen and oxygen atoms in total. The molecule has 140 valence electrons. The highest BCUT2D eigenvalue weighted by molar-refractivity contribution is 5.85. The molecule has 1 aromatic carbocycles. The number of halogens is 1. The van der Waals surface area contributed by atoms with Crippen LogP contribution in [0.2, 0.25) is 0 Å². The topological polar surface area (TPSA) is 77.1 Å². The number of nitrogens with zero attached hydrogens (tertiary/aromatic N) is 1. The molecule has 0 aromatic heterocycles. The number of fused-ring (bicyclic) bond motifs is 1. The molecule has 25 heavy (non-hydrogen) atoms. The second kappa shape index (κ2) is 9.48. The number of likely N-dealkylation sites (N-methyl/N-ethyl adjacent to an activating group) is 1.